The number of esters is 1. The molecule has 0 fully saturated rings. The second kappa shape index (κ2) is 13.1. The molecule has 11 heteroatoms. The van der Waals surface area contributed by atoms with Gasteiger partial charge < -0.3 is 14.0 Å². The van der Waals surface area contributed by atoms with Crippen LogP contribution in [0.2, 0.25) is 5.02 Å². The number of aromatic nitrogens is 5. The van der Waals surface area contributed by atoms with Crippen LogP contribution >= 0.6 is 11.6 Å². The molecule has 0 atom stereocenters. The average Bonchev–Trinajstić information content (AvgIpc) is 3.48. The van der Waals surface area contributed by atoms with E-state index in [1.807, 2.05) is 13.8 Å². The Bertz CT molecular complexity index is 1340. The maximum absolute atomic E-state index is 15.0. The Morgan fingerprint density at radius 1 is 1.19 bits per heavy atom. The van der Waals surface area contributed by atoms with Crippen LogP contribution in [0.25, 0.3) is 33.7 Å². The van der Waals surface area contributed by atoms with Crippen molar-refractivity contribution in [3.63, 3.8) is 0 Å². The first-order chi connectivity index (χ1) is 17.8. The monoisotopic (exact) mass is 531 g/mol. The Hall–Kier alpha value is -3.53. The zero-order valence-corrected chi connectivity index (χ0v) is 22.4. The standard InChI is InChI=1S/C23H23ClFN5O4.C3H8/c1-4-32-20(31)6-5-7-30-19-10-18(25)16(8-14(19)12-27-30)21-28-22(34-29-21)15-9-17(24)23(26-11-15)33-13(2)3;1-3-2/h8-13H,4-7H2,1-3H3;3H2,1-2H3. The maximum atomic E-state index is 15.0. The number of hydrogen-bond acceptors (Lipinski definition) is 8. The first kappa shape index (κ1) is 28.0. The molecule has 3 aromatic heterocycles. The molecule has 0 radical (unpaired) electrons. The van der Waals surface area contributed by atoms with E-state index in [9.17, 15) is 9.18 Å². The second-order valence-electron chi connectivity index (χ2n) is 8.47. The molecule has 4 aromatic rings. The number of halogens is 2. The van der Waals surface area contributed by atoms with Crippen LogP contribution in [0.1, 0.15) is 53.9 Å². The number of carbonyl (C=O) groups excluding carboxylic acids is 1. The minimum absolute atomic E-state index is 0.0781. The van der Waals surface area contributed by atoms with Crippen molar-refractivity contribution in [1.82, 2.24) is 24.9 Å². The number of fused-ring (bicyclic) bond motifs is 1. The highest BCUT2D eigenvalue weighted by atomic mass is 35.5. The lowest BCUT2D eigenvalue weighted by molar-refractivity contribution is -0.143. The molecule has 37 heavy (non-hydrogen) atoms. The predicted molar refractivity (Wildman–Crippen MR) is 139 cm³/mol. The molecule has 0 aliphatic rings. The van der Waals surface area contributed by atoms with Crippen LogP contribution in [-0.2, 0) is 16.1 Å². The fourth-order valence-electron chi connectivity index (χ4n) is 3.36. The molecule has 0 aliphatic carbocycles. The Balaban J connectivity index is 0.00000121. The first-order valence-corrected chi connectivity index (χ1v) is 12.6. The predicted octanol–water partition coefficient (Wildman–Crippen LogP) is 6.49. The van der Waals surface area contributed by atoms with Crippen LogP contribution in [0.3, 0.4) is 0 Å². The molecule has 4 rings (SSSR count). The quantitative estimate of drug-likeness (QED) is 0.226. The Kier molecular flexibility index (Phi) is 9.96. The van der Waals surface area contributed by atoms with Gasteiger partial charge in [-0.05, 0) is 39.3 Å². The fourth-order valence-corrected chi connectivity index (χ4v) is 3.57. The SMILES string of the molecule is CCC.CCOC(=O)CCCn1ncc2cc(-c3noc(-c4cnc(OC(C)C)c(Cl)c4)n3)c(F)cc21. The second-order valence-corrected chi connectivity index (χ2v) is 8.88. The van der Waals surface area contributed by atoms with E-state index < -0.39 is 5.82 Å². The van der Waals surface area contributed by atoms with Gasteiger partial charge in [0.05, 0.1) is 35.6 Å². The fraction of sp³-hybridized carbons (Fsp3) is 0.423. The van der Waals surface area contributed by atoms with Gasteiger partial charge in [0.25, 0.3) is 5.89 Å². The molecule has 0 saturated carbocycles. The number of rotatable bonds is 9. The van der Waals surface area contributed by atoms with Crippen LogP contribution in [-0.4, -0.2) is 43.6 Å². The summed E-state index contributed by atoms with van der Waals surface area (Å²) in [7, 11) is 0. The largest absolute Gasteiger partial charge is 0.474 e. The number of pyridine rings is 1. The van der Waals surface area contributed by atoms with E-state index in [0.29, 0.717) is 46.9 Å². The number of aryl methyl sites for hydroxylation is 1. The average molecular weight is 532 g/mol. The van der Waals surface area contributed by atoms with Crippen molar-refractivity contribution in [3.8, 4) is 28.7 Å². The van der Waals surface area contributed by atoms with Crippen LogP contribution in [0, 0.1) is 5.82 Å². The Morgan fingerprint density at radius 3 is 2.62 bits per heavy atom. The molecular formula is C26H31ClFN5O4. The number of carbonyl (C=O) groups is 1. The summed E-state index contributed by atoms with van der Waals surface area (Å²) in [6, 6.07) is 4.58. The number of nitrogens with zero attached hydrogens (tertiary/aromatic N) is 5. The van der Waals surface area contributed by atoms with Crippen LogP contribution in [0.4, 0.5) is 4.39 Å². The molecule has 0 unspecified atom stereocenters. The summed E-state index contributed by atoms with van der Waals surface area (Å²) >= 11 is 6.24. The number of hydrogen-bond donors (Lipinski definition) is 0. The molecule has 198 valence electrons. The van der Waals surface area contributed by atoms with Crippen molar-refractivity contribution >= 4 is 28.5 Å². The zero-order chi connectivity index (χ0) is 26.9. The topological polar surface area (TPSA) is 105 Å². The minimum atomic E-state index is -0.524. The molecule has 1 aromatic carbocycles. The van der Waals surface area contributed by atoms with E-state index in [1.54, 1.807) is 29.9 Å². The highest BCUT2D eigenvalue weighted by molar-refractivity contribution is 6.32. The molecule has 0 saturated heterocycles. The molecule has 0 spiro atoms. The third-order valence-electron chi connectivity index (χ3n) is 4.86. The van der Waals surface area contributed by atoms with Gasteiger partial charge in [-0.2, -0.15) is 10.1 Å². The summed E-state index contributed by atoms with van der Waals surface area (Å²) < 4.78 is 32.4. The lowest BCUT2D eigenvalue weighted by Gasteiger charge is -2.09. The summed E-state index contributed by atoms with van der Waals surface area (Å²) in [4.78, 5) is 20.0. The van der Waals surface area contributed by atoms with Crippen molar-refractivity contribution < 1.29 is 23.2 Å². The van der Waals surface area contributed by atoms with Gasteiger partial charge in [-0.15, -0.1) is 0 Å². The van der Waals surface area contributed by atoms with Crippen LogP contribution in [0.15, 0.2) is 35.1 Å². The third kappa shape index (κ3) is 7.25. The third-order valence-corrected chi connectivity index (χ3v) is 5.13. The van der Waals surface area contributed by atoms with Crippen LogP contribution in [0.5, 0.6) is 5.88 Å². The minimum Gasteiger partial charge on any atom is -0.474 e. The summed E-state index contributed by atoms with van der Waals surface area (Å²) in [5, 5.41) is 9.23. The lowest BCUT2D eigenvalue weighted by Crippen LogP contribution is -2.07. The molecule has 0 N–H and O–H groups in total. The van der Waals surface area contributed by atoms with Gasteiger partial charge >= 0.3 is 5.97 Å². The normalized spacial score (nSPS) is 10.9. The van der Waals surface area contributed by atoms with Gasteiger partial charge in [0, 0.05) is 30.6 Å². The van der Waals surface area contributed by atoms with Crippen molar-refractivity contribution in [2.75, 3.05) is 6.61 Å². The van der Waals surface area contributed by atoms with E-state index in [2.05, 4.69) is 34.1 Å². The first-order valence-electron chi connectivity index (χ1n) is 12.2. The van der Waals surface area contributed by atoms with Gasteiger partial charge in [0.1, 0.15) is 10.8 Å². The summed E-state index contributed by atoms with van der Waals surface area (Å²) in [5.74, 6) is -0.253. The molecule has 0 aliphatic heterocycles. The van der Waals surface area contributed by atoms with E-state index >= 15 is 0 Å². The molecular weight excluding hydrogens is 501 g/mol. The Labute approximate surface area is 219 Å². The van der Waals surface area contributed by atoms with Crippen molar-refractivity contribution in [2.45, 2.75) is 66.5 Å². The molecule has 0 bridgehead atoms. The van der Waals surface area contributed by atoms with E-state index in [0.717, 1.165) is 0 Å². The number of benzene rings is 1. The van der Waals surface area contributed by atoms with E-state index in [1.165, 1.54) is 18.7 Å². The van der Waals surface area contributed by atoms with Gasteiger partial charge in [-0.25, -0.2) is 9.37 Å². The Morgan fingerprint density at radius 2 is 1.95 bits per heavy atom. The van der Waals surface area contributed by atoms with Gasteiger partial charge in [0.15, 0.2) is 0 Å². The molecule has 9 nitrogen and oxygen atoms in total. The van der Waals surface area contributed by atoms with Gasteiger partial charge in [-0.3, -0.25) is 9.48 Å². The van der Waals surface area contributed by atoms with E-state index in [-0.39, 0.29) is 35.8 Å². The van der Waals surface area contributed by atoms with E-state index in [4.69, 9.17) is 25.6 Å². The highest BCUT2D eigenvalue weighted by Crippen LogP contribution is 2.31. The lowest BCUT2D eigenvalue weighted by atomic mass is 10.1. The van der Waals surface area contributed by atoms with Crippen LogP contribution < -0.4 is 4.74 Å². The smallest absolute Gasteiger partial charge is 0.305 e. The summed E-state index contributed by atoms with van der Waals surface area (Å²) in [6.45, 7) is 10.6. The van der Waals surface area contributed by atoms with Gasteiger partial charge in [0.2, 0.25) is 11.7 Å². The van der Waals surface area contributed by atoms with Crippen molar-refractivity contribution in [3.05, 3.63) is 41.4 Å². The van der Waals surface area contributed by atoms with Crippen molar-refractivity contribution in [2.24, 2.45) is 0 Å². The summed E-state index contributed by atoms with van der Waals surface area (Å²) in [6.07, 6.45) is 5.10. The highest BCUT2D eigenvalue weighted by Gasteiger charge is 2.18. The van der Waals surface area contributed by atoms with Crippen molar-refractivity contribution in [1.29, 1.82) is 0 Å². The molecule has 0 amide bonds. The molecule has 3 heterocycles. The van der Waals surface area contributed by atoms with Gasteiger partial charge in [-0.1, -0.05) is 37.0 Å². The zero-order valence-electron chi connectivity index (χ0n) is 21.6. The number of ether oxygens (including phenoxy) is 2. The summed E-state index contributed by atoms with van der Waals surface area (Å²) in [5.41, 5.74) is 1.26. The maximum Gasteiger partial charge on any atom is 0.305 e.